The number of carbonyl (C=O) groups is 2. The van der Waals surface area contributed by atoms with Gasteiger partial charge >= 0.3 is 6.09 Å². The molecule has 5 N–H and O–H groups in total. The first-order valence-electron chi connectivity index (χ1n) is 12.0. The number of hydrogen-bond acceptors (Lipinski definition) is 6. The topological polar surface area (TPSA) is 123 Å². The number of phenolic OH excluding ortho intramolecular Hbond substituents is 1. The number of carbonyl (C=O) groups excluding carboxylic acids is 2. The molecule has 0 bridgehead atoms. The number of methoxy groups -OCH3 is 1. The summed E-state index contributed by atoms with van der Waals surface area (Å²) >= 11 is 0. The Labute approximate surface area is 217 Å². The number of phenols is 1. The fraction of sp³-hybridized carbons (Fsp3) is 0.241. The molecule has 0 aromatic heterocycles. The third-order valence-corrected chi connectivity index (χ3v) is 5.86. The summed E-state index contributed by atoms with van der Waals surface area (Å²) in [5.74, 6) is -0.131. The molecule has 3 rings (SSSR count). The lowest BCUT2D eigenvalue weighted by atomic mass is 9.92. The van der Waals surface area contributed by atoms with E-state index in [4.69, 9.17) is 15.2 Å². The van der Waals surface area contributed by atoms with Crippen LogP contribution in [-0.2, 0) is 9.53 Å². The van der Waals surface area contributed by atoms with E-state index in [9.17, 15) is 14.7 Å². The molecule has 0 heterocycles. The molecule has 0 saturated heterocycles. The summed E-state index contributed by atoms with van der Waals surface area (Å²) in [6.07, 6.45) is 3.16. The first-order chi connectivity index (χ1) is 17.8. The number of amides is 2. The number of benzene rings is 3. The Hall–Kier alpha value is -4.46. The minimum absolute atomic E-state index is 0.0449. The standard InChI is InChI=1S/C29H33N3O5/c1-19-12-15-22(16-13-19)31-29(35)37-28(21-14-17-26(36-3)25(33)18-21)20(2)8-4-7-11-27(34)32-24-10-6-5-9-23(24)30/h5-7,9-18,20,28,33H,4,8,30H2,1-3H3,(H,31,35)(H,32,34)/b11-7+/t20-,28-/m0/s1. The van der Waals surface area contributed by atoms with Gasteiger partial charge in [-0.25, -0.2) is 4.79 Å². The van der Waals surface area contributed by atoms with Gasteiger partial charge in [0.15, 0.2) is 11.5 Å². The Kier molecular flexibility index (Phi) is 9.55. The number of nitrogen functional groups attached to an aromatic ring is 1. The van der Waals surface area contributed by atoms with E-state index in [1.807, 2.05) is 26.0 Å². The molecule has 8 nitrogen and oxygen atoms in total. The van der Waals surface area contributed by atoms with Gasteiger partial charge in [-0.2, -0.15) is 0 Å². The van der Waals surface area contributed by atoms with E-state index in [1.54, 1.807) is 54.6 Å². The molecular formula is C29H33N3O5. The molecule has 2 amide bonds. The van der Waals surface area contributed by atoms with E-state index in [2.05, 4.69) is 10.6 Å². The molecule has 3 aromatic rings. The van der Waals surface area contributed by atoms with Crippen LogP contribution < -0.4 is 21.1 Å². The highest BCUT2D eigenvalue weighted by molar-refractivity contribution is 6.01. The van der Waals surface area contributed by atoms with Gasteiger partial charge in [-0.15, -0.1) is 0 Å². The van der Waals surface area contributed by atoms with Crippen LogP contribution in [0.25, 0.3) is 0 Å². The van der Waals surface area contributed by atoms with Gasteiger partial charge in [0.1, 0.15) is 6.10 Å². The third kappa shape index (κ3) is 8.03. The van der Waals surface area contributed by atoms with Crippen LogP contribution in [0.15, 0.2) is 78.9 Å². The molecule has 37 heavy (non-hydrogen) atoms. The van der Waals surface area contributed by atoms with Crippen molar-refractivity contribution in [1.29, 1.82) is 0 Å². The molecule has 8 heteroatoms. The Bertz CT molecular complexity index is 1240. The van der Waals surface area contributed by atoms with Crippen molar-refractivity contribution in [3.8, 4) is 11.5 Å². The van der Waals surface area contributed by atoms with E-state index < -0.39 is 12.2 Å². The molecule has 3 aromatic carbocycles. The van der Waals surface area contributed by atoms with E-state index in [0.29, 0.717) is 41.2 Å². The van der Waals surface area contributed by atoms with Gasteiger partial charge in [0.05, 0.1) is 18.5 Å². The smallest absolute Gasteiger partial charge is 0.412 e. The quantitative estimate of drug-likeness (QED) is 0.193. The lowest BCUT2D eigenvalue weighted by Gasteiger charge is -2.25. The Morgan fingerprint density at radius 2 is 1.78 bits per heavy atom. The van der Waals surface area contributed by atoms with Gasteiger partial charge in [-0.3, -0.25) is 10.1 Å². The summed E-state index contributed by atoms with van der Waals surface area (Å²) in [5, 5.41) is 15.8. The summed E-state index contributed by atoms with van der Waals surface area (Å²) < 4.78 is 10.9. The molecule has 0 aliphatic rings. The third-order valence-electron chi connectivity index (χ3n) is 5.86. The number of rotatable bonds is 10. The van der Waals surface area contributed by atoms with Gasteiger partial charge in [0.2, 0.25) is 5.91 Å². The molecule has 0 saturated carbocycles. The van der Waals surface area contributed by atoms with Crippen LogP contribution in [0.1, 0.15) is 37.0 Å². The van der Waals surface area contributed by atoms with Gasteiger partial charge in [0, 0.05) is 5.69 Å². The molecule has 0 spiro atoms. The number of hydrogen-bond donors (Lipinski definition) is 4. The van der Waals surface area contributed by atoms with Crippen molar-refractivity contribution in [2.45, 2.75) is 32.8 Å². The van der Waals surface area contributed by atoms with Crippen LogP contribution in [0.4, 0.5) is 21.9 Å². The summed E-state index contributed by atoms with van der Waals surface area (Å²) in [7, 11) is 1.47. The average molecular weight is 504 g/mol. The SMILES string of the molecule is COc1ccc([C@@H](OC(=O)Nc2ccc(C)cc2)[C@@H](C)CC/C=C/C(=O)Nc2ccccc2N)cc1O. The number of aromatic hydroxyl groups is 1. The highest BCUT2D eigenvalue weighted by Gasteiger charge is 2.24. The zero-order valence-corrected chi connectivity index (χ0v) is 21.2. The molecule has 0 aliphatic carbocycles. The van der Waals surface area contributed by atoms with Crippen LogP contribution >= 0.6 is 0 Å². The number of allylic oxidation sites excluding steroid dienone is 1. The van der Waals surface area contributed by atoms with Crippen molar-refractivity contribution < 1.29 is 24.2 Å². The van der Waals surface area contributed by atoms with Crippen molar-refractivity contribution in [2.75, 3.05) is 23.5 Å². The predicted octanol–water partition coefficient (Wildman–Crippen LogP) is 6.19. The van der Waals surface area contributed by atoms with Gasteiger partial charge in [0.25, 0.3) is 0 Å². The number of aryl methyl sites for hydroxylation is 1. The van der Waals surface area contributed by atoms with Crippen molar-refractivity contribution in [2.24, 2.45) is 5.92 Å². The zero-order chi connectivity index (χ0) is 26.8. The summed E-state index contributed by atoms with van der Waals surface area (Å²) in [4.78, 5) is 24.9. The molecule has 2 atom stereocenters. The second-order valence-electron chi connectivity index (χ2n) is 8.78. The monoisotopic (exact) mass is 503 g/mol. The maximum atomic E-state index is 12.7. The van der Waals surface area contributed by atoms with Crippen molar-refractivity contribution in [1.82, 2.24) is 0 Å². The average Bonchev–Trinajstić information content (AvgIpc) is 2.88. The van der Waals surface area contributed by atoms with Gasteiger partial charge in [-0.05, 0) is 73.7 Å². The van der Waals surface area contributed by atoms with Crippen LogP contribution in [0.5, 0.6) is 11.5 Å². The van der Waals surface area contributed by atoms with E-state index in [-0.39, 0.29) is 17.6 Å². The van der Waals surface area contributed by atoms with Crippen molar-refractivity contribution in [3.63, 3.8) is 0 Å². The highest BCUT2D eigenvalue weighted by Crippen LogP contribution is 2.35. The molecule has 0 radical (unpaired) electrons. The fourth-order valence-electron chi connectivity index (χ4n) is 3.78. The largest absolute Gasteiger partial charge is 0.504 e. The molecule has 0 aliphatic heterocycles. The first-order valence-corrected chi connectivity index (χ1v) is 12.0. The second kappa shape index (κ2) is 13.0. The molecule has 194 valence electrons. The van der Waals surface area contributed by atoms with E-state index >= 15 is 0 Å². The molecular weight excluding hydrogens is 470 g/mol. The van der Waals surface area contributed by atoms with Crippen LogP contribution in [0.3, 0.4) is 0 Å². The normalized spacial score (nSPS) is 12.5. The summed E-state index contributed by atoms with van der Waals surface area (Å²) in [5.41, 5.74) is 9.23. The number of para-hydroxylation sites is 2. The molecule has 0 unspecified atom stereocenters. The second-order valence-corrected chi connectivity index (χ2v) is 8.78. The first kappa shape index (κ1) is 27.1. The number of nitrogens with one attached hydrogen (secondary N) is 2. The fourth-order valence-corrected chi connectivity index (χ4v) is 3.78. The minimum Gasteiger partial charge on any atom is -0.504 e. The van der Waals surface area contributed by atoms with Crippen LogP contribution in [0, 0.1) is 12.8 Å². The number of anilines is 3. The maximum absolute atomic E-state index is 12.7. The maximum Gasteiger partial charge on any atom is 0.412 e. The van der Waals surface area contributed by atoms with Crippen molar-refractivity contribution >= 4 is 29.1 Å². The Morgan fingerprint density at radius 3 is 2.46 bits per heavy atom. The van der Waals surface area contributed by atoms with Crippen molar-refractivity contribution in [3.05, 3.63) is 90.0 Å². The number of ether oxygens (including phenoxy) is 2. The summed E-state index contributed by atoms with van der Waals surface area (Å²) in [6.45, 7) is 3.91. The highest BCUT2D eigenvalue weighted by atomic mass is 16.6. The lowest BCUT2D eigenvalue weighted by molar-refractivity contribution is -0.111. The molecule has 0 fully saturated rings. The lowest BCUT2D eigenvalue weighted by Crippen LogP contribution is -2.22. The van der Waals surface area contributed by atoms with E-state index in [1.165, 1.54) is 19.3 Å². The van der Waals surface area contributed by atoms with Crippen LogP contribution in [-0.4, -0.2) is 24.2 Å². The van der Waals surface area contributed by atoms with Gasteiger partial charge in [-0.1, -0.05) is 48.9 Å². The number of nitrogens with two attached hydrogens (primary N) is 1. The Balaban J connectivity index is 1.66. The predicted molar refractivity (Wildman–Crippen MR) is 146 cm³/mol. The Morgan fingerprint density at radius 1 is 1.05 bits per heavy atom. The zero-order valence-electron chi connectivity index (χ0n) is 21.2. The van der Waals surface area contributed by atoms with Crippen LogP contribution in [0.2, 0.25) is 0 Å². The van der Waals surface area contributed by atoms with Gasteiger partial charge < -0.3 is 25.6 Å². The van der Waals surface area contributed by atoms with E-state index in [0.717, 1.165) is 5.56 Å². The summed E-state index contributed by atoms with van der Waals surface area (Å²) in [6, 6.07) is 19.3. The minimum atomic E-state index is -0.645.